The van der Waals surface area contributed by atoms with Gasteiger partial charge in [-0.2, -0.15) is 0 Å². The Morgan fingerprint density at radius 2 is 1.58 bits per heavy atom. The van der Waals surface area contributed by atoms with Crippen LogP contribution in [-0.2, 0) is 14.4 Å². The van der Waals surface area contributed by atoms with Gasteiger partial charge in [0, 0.05) is 31.8 Å². The normalized spacial score (nSPS) is 21.7. The topological polar surface area (TPSA) is 73.0 Å². The zero-order valence-electron chi connectivity index (χ0n) is 22.1. The average molecular weight is 463 g/mol. The Hall–Kier alpha value is -1.89. The van der Waals surface area contributed by atoms with Crippen molar-refractivity contribution in [2.24, 2.45) is 11.8 Å². The molecule has 0 saturated carbocycles. The maximum Gasteiger partial charge on any atom is 0.249 e. The first-order chi connectivity index (χ1) is 15.5. The van der Waals surface area contributed by atoms with Gasteiger partial charge in [0.15, 0.2) is 0 Å². The Bertz CT molecular complexity index is 727. The number of amides is 3. The highest BCUT2D eigenvalue weighted by Crippen LogP contribution is 2.22. The summed E-state index contributed by atoms with van der Waals surface area (Å²) in [5.41, 5.74) is 0.674. The van der Waals surface area contributed by atoms with E-state index in [1.165, 1.54) is 0 Å². The molecule has 2 fully saturated rings. The summed E-state index contributed by atoms with van der Waals surface area (Å²) >= 11 is 0. The number of piperidine rings is 1. The highest BCUT2D eigenvalue weighted by Gasteiger charge is 2.36. The van der Waals surface area contributed by atoms with E-state index in [1.807, 2.05) is 31.7 Å². The van der Waals surface area contributed by atoms with Crippen LogP contribution in [0.15, 0.2) is 11.6 Å². The zero-order chi connectivity index (χ0) is 24.9. The number of hydrogen-bond acceptors (Lipinski definition) is 4. The van der Waals surface area contributed by atoms with E-state index in [9.17, 15) is 14.4 Å². The monoisotopic (exact) mass is 462 g/mol. The molecule has 3 atom stereocenters. The molecule has 0 spiro atoms. The molecule has 2 rings (SSSR count). The molecule has 0 aliphatic carbocycles. The van der Waals surface area contributed by atoms with Gasteiger partial charge in [-0.05, 0) is 58.4 Å². The van der Waals surface area contributed by atoms with E-state index in [4.69, 9.17) is 0 Å². The molecular formula is C26H46N4O3. The van der Waals surface area contributed by atoms with Gasteiger partial charge in [0.25, 0.3) is 0 Å². The van der Waals surface area contributed by atoms with E-state index in [-0.39, 0.29) is 41.6 Å². The molecule has 7 nitrogen and oxygen atoms in total. The first-order valence-corrected chi connectivity index (χ1v) is 12.8. The first kappa shape index (κ1) is 27.4. The number of hydrogen-bond donors (Lipinski definition) is 1. The zero-order valence-corrected chi connectivity index (χ0v) is 22.1. The molecule has 0 unspecified atom stereocenters. The van der Waals surface area contributed by atoms with Crippen LogP contribution in [0.25, 0.3) is 0 Å². The minimum Gasteiger partial charge on any atom is -0.343 e. The molecule has 2 saturated heterocycles. The number of likely N-dealkylation sites (tertiary alicyclic amines) is 2. The van der Waals surface area contributed by atoms with Gasteiger partial charge in [0.2, 0.25) is 17.7 Å². The van der Waals surface area contributed by atoms with Crippen molar-refractivity contribution in [1.29, 1.82) is 0 Å². The molecule has 2 aliphatic heterocycles. The van der Waals surface area contributed by atoms with Crippen molar-refractivity contribution >= 4 is 17.7 Å². The van der Waals surface area contributed by atoms with Gasteiger partial charge in [0.05, 0.1) is 12.1 Å². The van der Waals surface area contributed by atoms with Gasteiger partial charge in [-0.15, -0.1) is 0 Å². The van der Waals surface area contributed by atoms with Gasteiger partial charge in [-0.25, -0.2) is 0 Å². The van der Waals surface area contributed by atoms with E-state index in [0.29, 0.717) is 11.6 Å². The molecule has 3 amide bonds. The summed E-state index contributed by atoms with van der Waals surface area (Å²) in [7, 11) is 1.79. The smallest absolute Gasteiger partial charge is 0.249 e. The van der Waals surface area contributed by atoms with Crippen LogP contribution in [0.2, 0.25) is 0 Å². The Labute approximate surface area is 200 Å². The lowest BCUT2D eigenvalue weighted by atomic mass is 9.95. The number of carbonyl (C=O) groups is 3. The van der Waals surface area contributed by atoms with Crippen LogP contribution in [0.4, 0.5) is 0 Å². The molecule has 2 aliphatic rings. The van der Waals surface area contributed by atoms with Crippen molar-refractivity contribution < 1.29 is 14.4 Å². The lowest BCUT2D eigenvalue weighted by Crippen LogP contribution is -2.58. The maximum absolute atomic E-state index is 13.6. The third kappa shape index (κ3) is 6.81. The number of nitrogens with one attached hydrogen (secondary N) is 1. The number of rotatable bonds is 9. The summed E-state index contributed by atoms with van der Waals surface area (Å²) in [5.74, 6) is -0.0152. The molecule has 0 bridgehead atoms. The van der Waals surface area contributed by atoms with Gasteiger partial charge >= 0.3 is 0 Å². The third-order valence-corrected chi connectivity index (χ3v) is 7.12. The largest absolute Gasteiger partial charge is 0.343 e. The third-order valence-electron chi connectivity index (χ3n) is 7.12. The van der Waals surface area contributed by atoms with Crippen LogP contribution in [0.1, 0.15) is 74.1 Å². The van der Waals surface area contributed by atoms with Crippen LogP contribution >= 0.6 is 0 Å². The molecule has 0 radical (unpaired) electrons. The van der Waals surface area contributed by atoms with E-state index in [0.717, 1.165) is 45.3 Å². The molecule has 1 N–H and O–H groups in total. The van der Waals surface area contributed by atoms with E-state index in [1.54, 1.807) is 11.9 Å². The van der Waals surface area contributed by atoms with Crippen molar-refractivity contribution in [3.8, 4) is 0 Å². The van der Waals surface area contributed by atoms with E-state index < -0.39 is 6.04 Å². The summed E-state index contributed by atoms with van der Waals surface area (Å²) < 4.78 is 0. The van der Waals surface area contributed by atoms with Gasteiger partial charge in [-0.1, -0.05) is 40.2 Å². The summed E-state index contributed by atoms with van der Waals surface area (Å²) in [5, 5.41) is 3.09. The quantitative estimate of drug-likeness (QED) is 0.535. The van der Waals surface area contributed by atoms with Gasteiger partial charge in [-0.3, -0.25) is 19.3 Å². The SMILES string of the molecule is CC(=C[C@H](C(C)C)N(C)C(=O)[C@@H](NC(=O)[C@H]1CCCCN1C(C)C)C(C)C)C(=O)N1CCC1. The van der Waals surface area contributed by atoms with Crippen LogP contribution in [0.3, 0.4) is 0 Å². The van der Waals surface area contributed by atoms with E-state index >= 15 is 0 Å². The summed E-state index contributed by atoms with van der Waals surface area (Å²) in [6.45, 7) is 16.6. The predicted molar refractivity (Wildman–Crippen MR) is 133 cm³/mol. The van der Waals surface area contributed by atoms with Gasteiger partial charge < -0.3 is 15.1 Å². The second kappa shape index (κ2) is 12.0. The number of likely N-dealkylation sites (N-methyl/N-ethyl adjacent to an activating group) is 1. The molecule has 2 heterocycles. The van der Waals surface area contributed by atoms with Crippen molar-refractivity contribution in [3.05, 3.63) is 11.6 Å². The fraction of sp³-hybridized carbons (Fsp3) is 0.808. The van der Waals surface area contributed by atoms with Crippen LogP contribution in [0, 0.1) is 11.8 Å². The van der Waals surface area contributed by atoms with Gasteiger partial charge in [0.1, 0.15) is 6.04 Å². The standard InChI is InChI=1S/C26H46N4O3/c1-17(2)22(16-20(7)25(32)29-13-11-14-29)28(8)26(33)23(18(3)4)27-24(31)21-12-9-10-15-30(21)19(5)6/h16-19,21-23H,9-15H2,1-8H3,(H,27,31)/t21-,22-,23+/m1/s1. The minimum atomic E-state index is -0.598. The maximum atomic E-state index is 13.6. The Morgan fingerprint density at radius 1 is 0.939 bits per heavy atom. The summed E-state index contributed by atoms with van der Waals surface area (Å²) in [4.78, 5) is 45.3. The molecule has 188 valence electrons. The van der Waals surface area contributed by atoms with Crippen LogP contribution < -0.4 is 5.32 Å². The fourth-order valence-electron chi connectivity index (χ4n) is 4.83. The highest BCUT2D eigenvalue weighted by atomic mass is 16.2. The highest BCUT2D eigenvalue weighted by molar-refractivity contribution is 5.94. The van der Waals surface area contributed by atoms with Crippen molar-refractivity contribution in [3.63, 3.8) is 0 Å². The minimum absolute atomic E-state index is 0.0411. The average Bonchev–Trinajstić information content (AvgIpc) is 2.72. The Morgan fingerprint density at radius 3 is 2.06 bits per heavy atom. The number of nitrogens with zero attached hydrogens (tertiary/aromatic N) is 3. The molecular weight excluding hydrogens is 416 g/mol. The lowest BCUT2D eigenvalue weighted by Gasteiger charge is -2.39. The second-order valence-corrected chi connectivity index (χ2v) is 10.8. The molecule has 0 aromatic heterocycles. The predicted octanol–water partition coefficient (Wildman–Crippen LogP) is 3.05. The van der Waals surface area contributed by atoms with Crippen LogP contribution in [0.5, 0.6) is 0 Å². The van der Waals surface area contributed by atoms with Crippen LogP contribution in [-0.4, -0.2) is 83.3 Å². The van der Waals surface area contributed by atoms with Crippen molar-refractivity contribution in [2.45, 2.75) is 98.3 Å². The number of carbonyl (C=O) groups excluding carboxylic acids is 3. The molecule has 33 heavy (non-hydrogen) atoms. The molecule has 0 aromatic rings. The fourth-order valence-corrected chi connectivity index (χ4v) is 4.83. The lowest BCUT2D eigenvalue weighted by molar-refractivity contribution is -0.140. The second-order valence-electron chi connectivity index (χ2n) is 10.8. The molecule has 7 heteroatoms. The summed E-state index contributed by atoms with van der Waals surface area (Å²) in [6.07, 6.45) is 5.94. The Balaban J connectivity index is 2.16. The van der Waals surface area contributed by atoms with E-state index in [2.05, 4.69) is 37.9 Å². The van der Waals surface area contributed by atoms with Crippen molar-refractivity contribution in [1.82, 2.24) is 20.0 Å². The first-order valence-electron chi connectivity index (χ1n) is 12.8. The molecule has 0 aromatic carbocycles. The van der Waals surface area contributed by atoms with Crippen molar-refractivity contribution in [2.75, 3.05) is 26.7 Å². The summed E-state index contributed by atoms with van der Waals surface area (Å²) in [6, 6.07) is -0.711. The Kier molecular flexibility index (Phi) is 9.95.